The average Bonchev–Trinajstić information content (AvgIpc) is 3.42. The zero-order valence-electron chi connectivity index (χ0n) is 22.5. The molecule has 1 aromatic carbocycles. The minimum atomic E-state index is -0.971. The Morgan fingerprint density at radius 2 is 1.77 bits per heavy atom. The normalized spacial score (nSPS) is 12.4. The Bertz CT molecular complexity index is 1540. The number of hydrogen-bond donors (Lipinski definition) is 2. The Balaban J connectivity index is 1.56. The third kappa shape index (κ3) is 5.77. The van der Waals surface area contributed by atoms with E-state index in [9.17, 15) is 14.4 Å². The molecule has 0 bridgehead atoms. The van der Waals surface area contributed by atoms with Crippen molar-refractivity contribution in [1.29, 1.82) is 0 Å². The van der Waals surface area contributed by atoms with Crippen LogP contribution in [-0.4, -0.2) is 42.5 Å². The first-order chi connectivity index (χ1) is 18.5. The monoisotopic (exact) mass is 529 g/mol. The number of hydrogen-bond acceptors (Lipinski definition) is 9. The molecule has 3 heterocycles. The topological polar surface area (TPSA) is 159 Å². The van der Waals surface area contributed by atoms with Crippen LogP contribution in [0.4, 0.5) is 5.82 Å². The van der Waals surface area contributed by atoms with E-state index >= 15 is 0 Å². The molecule has 11 nitrogen and oxygen atoms in total. The third-order valence-electron chi connectivity index (χ3n) is 6.44. The summed E-state index contributed by atoms with van der Waals surface area (Å²) in [5, 5.41) is 10.8. The summed E-state index contributed by atoms with van der Waals surface area (Å²) >= 11 is 0. The summed E-state index contributed by atoms with van der Waals surface area (Å²) in [6.45, 7) is 8.88. The molecule has 11 heteroatoms. The van der Waals surface area contributed by atoms with Gasteiger partial charge in [-0.1, -0.05) is 50.2 Å². The molecule has 0 fully saturated rings. The van der Waals surface area contributed by atoms with Crippen LogP contribution in [0.25, 0.3) is 11.3 Å². The summed E-state index contributed by atoms with van der Waals surface area (Å²) in [4.78, 5) is 47.7. The van der Waals surface area contributed by atoms with Gasteiger partial charge in [0.2, 0.25) is 17.6 Å². The first kappa shape index (κ1) is 27.4. The van der Waals surface area contributed by atoms with Gasteiger partial charge in [0, 0.05) is 6.20 Å². The van der Waals surface area contributed by atoms with Crippen molar-refractivity contribution >= 4 is 17.5 Å². The summed E-state index contributed by atoms with van der Waals surface area (Å²) in [7, 11) is 0. The molecule has 0 unspecified atom stereocenters. The molecule has 1 amide bonds. The molecular formula is C28H31N7O4. The van der Waals surface area contributed by atoms with Gasteiger partial charge in [-0.15, -0.1) is 10.2 Å². The summed E-state index contributed by atoms with van der Waals surface area (Å²) in [6.07, 6.45) is 3.18. The number of rotatable bonds is 9. The van der Waals surface area contributed by atoms with E-state index in [1.54, 1.807) is 32.2 Å². The highest BCUT2D eigenvalue weighted by atomic mass is 16.4. The van der Waals surface area contributed by atoms with Crippen molar-refractivity contribution in [2.75, 3.05) is 5.73 Å². The first-order valence-electron chi connectivity index (χ1n) is 12.5. The van der Waals surface area contributed by atoms with Gasteiger partial charge in [0.25, 0.3) is 11.4 Å². The number of ketones is 1. The van der Waals surface area contributed by atoms with Crippen molar-refractivity contribution in [3.05, 3.63) is 88.3 Å². The molecule has 0 aliphatic heterocycles. The number of anilines is 1. The smallest absolute Gasteiger partial charge is 0.294 e. The number of Topliss-reactive ketones (excluding diaryl/α,β-unsaturated/α-hetero) is 1. The van der Waals surface area contributed by atoms with Gasteiger partial charge in [0.05, 0.1) is 29.0 Å². The maximum absolute atomic E-state index is 13.4. The molecule has 0 saturated carbocycles. The first-order valence-corrected chi connectivity index (χ1v) is 12.5. The zero-order valence-corrected chi connectivity index (χ0v) is 22.5. The molecule has 3 aromatic heterocycles. The summed E-state index contributed by atoms with van der Waals surface area (Å²) in [6, 6.07) is 11.9. The molecule has 0 spiro atoms. The van der Waals surface area contributed by atoms with Crippen LogP contribution in [0, 0.1) is 12.8 Å². The van der Waals surface area contributed by atoms with Crippen LogP contribution in [0.3, 0.4) is 0 Å². The van der Waals surface area contributed by atoms with Gasteiger partial charge in [-0.05, 0) is 43.9 Å². The van der Waals surface area contributed by atoms with E-state index in [2.05, 4.69) is 25.5 Å². The van der Waals surface area contributed by atoms with Crippen molar-refractivity contribution in [3.63, 3.8) is 0 Å². The van der Waals surface area contributed by atoms with Gasteiger partial charge in [0.15, 0.2) is 5.82 Å². The zero-order chi connectivity index (χ0) is 28.3. The number of nitrogens with zero attached hydrogens (tertiary/aromatic N) is 5. The van der Waals surface area contributed by atoms with Crippen LogP contribution in [0.2, 0.25) is 0 Å². The second-order valence-electron chi connectivity index (χ2n) is 10.2. The van der Waals surface area contributed by atoms with E-state index in [0.717, 1.165) is 5.56 Å². The highest BCUT2D eigenvalue weighted by Gasteiger charge is 2.35. The lowest BCUT2D eigenvalue weighted by Crippen LogP contribution is -2.46. The van der Waals surface area contributed by atoms with Gasteiger partial charge in [-0.3, -0.25) is 23.9 Å². The van der Waals surface area contributed by atoms with Gasteiger partial charge in [-0.2, -0.15) is 0 Å². The molecule has 202 valence electrons. The van der Waals surface area contributed by atoms with Crippen LogP contribution >= 0.6 is 0 Å². The van der Waals surface area contributed by atoms with Gasteiger partial charge in [-0.25, -0.2) is 4.98 Å². The molecular weight excluding hydrogens is 498 g/mol. The van der Waals surface area contributed by atoms with Crippen LogP contribution in [0.15, 0.2) is 64.1 Å². The summed E-state index contributed by atoms with van der Waals surface area (Å²) in [5.74, 6) is -1.63. The van der Waals surface area contributed by atoms with Crippen molar-refractivity contribution in [2.45, 2.75) is 52.6 Å². The number of benzene rings is 1. The van der Waals surface area contributed by atoms with Crippen LogP contribution < -0.4 is 16.6 Å². The number of amides is 1. The van der Waals surface area contributed by atoms with E-state index in [0.29, 0.717) is 17.0 Å². The lowest BCUT2D eigenvalue weighted by Gasteiger charge is -2.21. The molecule has 39 heavy (non-hydrogen) atoms. The van der Waals surface area contributed by atoms with E-state index in [4.69, 9.17) is 10.2 Å². The second kappa shape index (κ2) is 11.0. The van der Waals surface area contributed by atoms with E-state index in [1.807, 2.05) is 51.1 Å². The molecule has 0 aliphatic rings. The quantitative estimate of drug-likeness (QED) is 0.311. The van der Waals surface area contributed by atoms with E-state index in [1.165, 1.54) is 10.8 Å². The minimum absolute atomic E-state index is 0.223. The largest absolute Gasteiger partial charge is 0.417 e. The number of aryl methyl sites for hydroxylation is 1. The fraction of sp³-hybridized carbons (Fsp3) is 0.321. The van der Waals surface area contributed by atoms with Crippen molar-refractivity contribution in [1.82, 2.24) is 30.0 Å². The lowest BCUT2D eigenvalue weighted by molar-refractivity contribution is -0.122. The number of pyridine rings is 1. The highest BCUT2D eigenvalue weighted by molar-refractivity contribution is 5.98. The number of nitrogens with two attached hydrogens (primary N) is 1. The van der Waals surface area contributed by atoms with Gasteiger partial charge < -0.3 is 15.5 Å². The fourth-order valence-electron chi connectivity index (χ4n) is 4.05. The van der Waals surface area contributed by atoms with Gasteiger partial charge in [0.1, 0.15) is 6.54 Å². The third-order valence-corrected chi connectivity index (χ3v) is 6.44. The van der Waals surface area contributed by atoms with Crippen molar-refractivity contribution in [3.8, 4) is 11.3 Å². The fourth-order valence-corrected chi connectivity index (χ4v) is 4.05. The van der Waals surface area contributed by atoms with Gasteiger partial charge >= 0.3 is 0 Å². The Morgan fingerprint density at radius 1 is 1.05 bits per heavy atom. The van der Waals surface area contributed by atoms with Crippen molar-refractivity contribution in [2.24, 2.45) is 5.92 Å². The molecule has 0 saturated heterocycles. The molecule has 4 aromatic rings. The van der Waals surface area contributed by atoms with Crippen LogP contribution in [0.1, 0.15) is 55.5 Å². The second-order valence-corrected chi connectivity index (χ2v) is 10.2. The van der Waals surface area contributed by atoms with Crippen molar-refractivity contribution < 1.29 is 14.0 Å². The number of nitrogen functional groups attached to an aromatic ring is 1. The van der Waals surface area contributed by atoms with E-state index < -0.39 is 28.7 Å². The number of carbonyl (C=O) groups excluding carboxylic acids is 2. The maximum Gasteiger partial charge on any atom is 0.294 e. The Labute approximate surface area is 225 Å². The Kier molecular flexibility index (Phi) is 7.70. The van der Waals surface area contributed by atoms with Crippen LogP contribution in [-0.2, 0) is 16.8 Å². The molecule has 3 N–H and O–H groups in total. The van der Waals surface area contributed by atoms with Crippen LogP contribution in [0.5, 0.6) is 0 Å². The standard InChI is InChI=1S/C28H31N7O4/c1-16(2)22(23(37)25-33-34-27(39-25)28(4,5)20-12-11-17(3)13-30-20)32-21(36)15-35-19(14-31-24(29)26(35)38)18-9-7-6-8-10-18/h6-14,16,22H,15H2,1-5H3,(H2,29,31)(H,32,36)/t22-/m1/s1. The SMILES string of the molecule is Cc1ccc(C(C)(C)c2nnc(C(=O)[C@H](NC(=O)Cn3c(-c4ccccc4)cnc(N)c3=O)C(C)C)o2)nc1. The summed E-state index contributed by atoms with van der Waals surface area (Å²) in [5.41, 5.74) is 7.23. The lowest BCUT2D eigenvalue weighted by atomic mass is 9.88. The average molecular weight is 530 g/mol. The highest BCUT2D eigenvalue weighted by Crippen LogP contribution is 2.29. The molecule has 0 aliphatic carbocycles. The maximum atomic E-state index is 13.4. The minimum Gasteiger partial charge on any atom is -0.417 e. The number of aromatic nitrogens is 5. The number of carbonyl (C=O) groups is 2. The Morgan fingerprint density at radius 3 is 2.41 bits per heavy atom. The predicted octanol–water partition coefficient (Wildman–Crippen LogP) is 2.93. The van der Waals surface area contributed by atoms with E-state index in [-0.39, 0.29) is 30.1 Å². The molecule has 1 atom stereocenters. The summed E-state index contributed by atoms with van der Waals surface area (Å²) < 4.78 is 7.03. The molecule has 4 rings (SSSR count). The Hall–Kier alpha value is -4.67. The molecule has 0 radical (unpaired) electrons. The number of nitrogens with one attached hydrogen (secondary N) is 1. The predicted molar refractivity (Wildman–Crippen MR) is 145 cm³/mol.